The molecule has 0 amide bonds. The fraction of sp³-hybridized carbons (Fsp3) is 0.342. The number of ether oxygens (including phenoxy) is 3. The largest absolute Gasteiger partial charge is 0.487 e. The van der Waals surface area contributed by atoms with E-state index >= 15 is 0 Å². The van der Waals surface area contributed by atoms with Crippen LogP contribution < -0.4 is 9.47 Å². The van der Waals surface area contributed by atoms with Crippen molar-refractivity contribution in [3.05, 3.63) is 102 Å². The number of aromatic nitrogens is 3. The van der Waals surface area contributed by atoms with Crippen molar-refractivity contribution in [2.75, 3.05) is 13.7 Å². The molecule has 0 unspecified atom stereocenters. The summed E-state index contributed by atoms with van der Waals surface area (Å²) >= 11 is 0. The minimum Gasteiger partial charge on any atom is -0.487 e. The van der Waals surface area contributed by atoms with Crippen LogP contribution in [0.1, 0.15) is 58.5 Å². The normalized spacial score (nSPS) is 12.2. The van der Waals surface area contributed by atoms with Crippen LogP contribution in [-0.2, 0) is 38.9 Å². The molecule has 0 radical (unpaired) electrons. The number of rotatable bonds is 12. The minimum atomic E-state index is -3.91. The van der Waals surface area contributed by atoms with Gasteiger partial charge in [0.25, 0.3) is 0 Å². The molecular weight excluding hydrogens is 627 g/mol. The Labute approximate surface area is 282 Å². The van der Waals surface area contributed by atoms with E-state index in [0.29, 0.717) is 29.3 Å². The van der Waals surface area contributed by atoms with Gasteiger partial charge in [0.2, 0.25) is 5.88 Å². The van der Waals surface area contributed by atoms with E-state index in [1.165, 1.54) is 0 Å². The van der Waals surface area contributed by atoms with Gasteiger partial charge in [0.15, 0.2) is 9.84 Å². The average Bonchev–Trinajstić information content (AvgIpc) is 3.35. The van der Waals surface area contributed by atoms with Crippen LogP contribution in [0.3, 0.4) is 0 Å². The van der Waals surface area contributed by atoms with Crippen molar-refractivity contribution in [3.63, 3.8) is 0 Å². The van der Waals surface area contributed by atoms with E-state index in [9.17, 15) is 13.2 Å². The smallest absolute Gasteiger partial charge is 0.311 e. The second kappa shape index (κ2) is 13.8. The molecule has 0 saturated heterocycles. The molecule has 3 heterocycles. The Morgan fingerprint density at radius 2 is 1.62 bits per heavy atom. The van der Waals surface area contributed by atoms with Crippen LogP contribution in [0.2, 0.25) is 0 Å². The van der Waals surface area contributed by atoms with Crippen LogP contribution >= 0.6 is 0 Å². The Bertz CT molecular complexity index is 1990. The molecule has 0 N–H and O–H groups in total. The molecular formula is C38H43N3O6S. The first kappa shape index (κ1) is 34.6. The Balaban J connectivity index is 1.65. The molecule has 0 atom stereocenters. The molecule has 0 spiro atoms. The molecule has 0 fully saturated rings. The first-order valence-electron chi connectivity index (χ1n) is 15.9. The number of carbonyl (C=O) groups excluding carboxylic acids is 1. The van der Waals surface area contributed by atoms with Crippen molar-refractivity contribution in [1.82, 2.24) is 14.5 Å². The van der Waals surface area contributed by atoms with Crippen LogP contribution in [0.25, 0.3) is 22.0 Å². The quantitative estimate of drug-likeness (QED) is 0.126. The number of benzene rings is 2. The Kier molecular flexibility index (Phi) is 9.96. The first-order chi connectivity index (χ1) is 22.7. The van der Waals surface area contributed by atoms with Crippen LogP contribution in [0.4, 0.5) is 0 Å². The Morgan fingerprint density at radius 1 is 0.896 bits per heavy atom. The van der Waals surface area contributed by atoms with E-state index in [4.69, 9.17) is 14.2 Å². The number of hydrogen-bond acceptors (Lipinski definition) is 8. The summed E-state index contributed by atoms with van der Waals surface area (Å²) in [6, 6.07) is 23.0. The summed E-state index contributed by atoms with van der Waals surface area (Å²) in [7, 11) is -2.32. The van der Waals surface area contributed by atoms with E-state index in [-0.39, 0.29) is 24.5 Å². The van der Waals surface area contributed by atoms with Crippen LogP contribution in [0, 0.1) is 5.41 Å². The maximum Gasteiger partial charge on any atom is 0.311 e. The van der Waals surface area contributed by atoms with Gasteiger partial charge in [-0.05, 0) is 89.1 Å². The number of sulfone groups is 1. The molecule has 0 saturated carbocycles. The highest BCUT2D eigenvalue weighted by molar-refractivity contribution is 7.93. The summed E-state index contributed by atoms with van der Waals surface area (Å²) in [6.07, 6.45) is 3.61. The molecule has 0 aliphatic rings. The molecule has 5 aromatic rings. The maximum atomic E-state index is 14.5. The molecule has 0 bridgehead atoms. The predicted octanol–water partition coefficient (Wildman–Crippen LogP) is 7.44. The monoisotopic (exact) mass is 669 g/mol. The second-order valence-electron chi connectivity index (χ2n) is 13.3. The lowest BCUT2D eigenvalue weighted by Crippen LogP contribution is -2.33. The Morgan fingerprint density at radius 3 is 2.23 bits per heavy atom. The third-order valence-electron chi connectivity index (χ3n) is 8.29. The van der Waals surface area contributed by atoms with Gasteiger partial charge < -0.3 is 18.8 Å². The van der Waals surface area contributed by atoms with Gasteiger partial charge in [0.1, 0.15) is 12.4 Å². The third kappa shape index (κ3) is 7.23. The minimum absolute atomic E-state index is 0.144. The molecule has 48 heavy (non-hydrogen) atoms. The number of esters is 1. The third-order valence-corrected chi connectivity index (χ3v) is 10.9. The molecule has 2 aromatic carbocycles. The van der Waals surface area contributed by atoms with Gasteiger partial charge in [-0.1, -0.05) is 30.3 Å². The Hall–Kier alpha value is -4.70. The molecule has 10 heteroatoms. The number of methoxy groups -OCH3 is 1. The lowest BCUT2D eigenvalue weighted by atomic mass is 9.87. The van der Waals surface area contributed by atoms with Gasteiger partial charge >= 0.3 is 5.97 Å². The lowest BCUT2D eigenvalue weighted by molar-refractivity contribution is -0.153. The number of nitrogens with zero attached hydrogens (tertiary/aromatic N) is 3. The van der Waals surface area contributed by atoms with E-state index in [2.05, 4.69) is 9.97 Å². The zero-order valence-corrected chi connectivity index (χ0v) is 29.4. The summed E-state index contributed by atoms with van der Waals surface area (Å²) < 4.78 is 46.6. The fourth-order valence-electron chi connectivity index (χ4n) is 5.52. The topological polar surface area (TPSA) is 110 Å². The predicted molar refractivity (Wildman–Crippen MR) is 187 cm³/mol. The number of hydrogen-bond donors (Lipinski definition) is 0. The maximum absolute atomic E-state index is 14.5. The number of fused-ring (bicyclic) bond motifs is 1. The summed E-state index contributed by atoms with van der Waals surface area (Å²) in [6.45, 7) is 11.3. The molecule has 5 rings (SSSR count). The lowest BCUT2D eigenvalue weighted by Gasteiger charge is -2.26. The summed E-state index contributed by atoms with van der Waals surface area (Å²) in [5.74, 6) is 0.668. The van der Waals surface area contributed by atoms with Crippen molar-refractivity contribution < 1.29 is 27.4 Å². The van der Waals surface area contributed by atoms with Crippen LogP contribution in [-0.4, -0.2) is 47.4 Å². The van der Waals surface area contributed by atoms with Gasteiger partial charge in [-0.3, -0.25) is 9.78 Å². The molecule has 0 aliphatic heterocycles. The van der Waals surface area contributed by atoms with Crippen molar-refractivity contribution in [2.45, 2.75) is 70.8 Å². The van der Waals surface area contributed by atoms with Gasteiger partial charge in [-0.25, -0.2) is 13.4 Å². The average molecular weight is 670 g/mol. The number of pyridine rings is 2. The standard InChI is InChI=1S/C38H43N3O6S/c1-8-46-36(42)38(5,6)22-33-35(48(43,44)37(2,3)4)31-21-30(47-25-29-11-9-10-20-39-29)17-18-32(31)41(33)24-26-12-14-27(15-13-26)28-16-19-34(45-7)40-23-28/h9-21,23H,8,22,24-25H2,1-7H3. The zero-order valence-electron chi connectivity index (χ0n) is 28.6. The van der Waals surface area contributed by atoms with Crippen molar-refractivity contribution in [3.8, 4) is 22.8 Å². The summed E-state index contributed by atoms with van der Waals surface area (Å²) in [5, 5.41) is 0.541. The van der Waals surface area contributed by atoms with Gasteiger partial charge in [-0.2, -0.15) is 0 Å². The van der Waals surface area contributed by atoms with E-state index < -0.39 is 26.0 Å². The fourth-order valence-corrected chi connectivity index (χ4v) is 7.08. The highest BCUT2D eigenvalue weighted by Crippen LogP contribution is 2.41. The number of carbonyl (C=O) groups is 1. The van der Waals surface area contributed by atoms with Gasteiger partial charge in [0.05, 0.1) is 40.0 Å². The van der Waals surface area contributed by atoms with Crippen LogP contribution in [0.15, 0.2) is 90.1 Å². The highest BCUT2D eigenvalue weighted by Gasteiger charge is 2.40. The van der Waals surface area contributed by atoms with Crippen molar-refractivity contribution >= 4 is 26.7 Å². The first-order valence-corrected chi connectivity index (χ1v) is 17.4. The van der Waals surface area contributed by atoms with Gasteiger partial charge in [-0.15, -0.1) is 0 Å². The van der Waals surface area contributed by atoms with E-state index in [1.54, 1.807) is 67.1 Å². The van der Waals surface area contributed by atoms with Crippen molar-refractivity contribution in [2.24, 2.45) is 5.41 Å². The molecule has 252 valence electrons. The van der Waals surface area contributed by atoms with E-state index in [0.717, 1.165) is 27.9 Å². The second-order valence-corrected chi connectivity index (χ2v) is 16.0. The van der Waals surface area contributed by atoms with Crippen molar-refractivity contribution in [1.29, 1.82) is 0 Å². The summed E-state index contributed by atoms with van der Waals surface area (Å²) in [5.41, 5.74) is 3.91. The zero-order chi connectivity index (χ0) is 34.7. The van der Waals surface area contributed by atoms with Gasteiger partial charge in [0, 0.05) is 48.1 Å². The molecule has 0 aliphatic carbocycles. The molecule has 9 nitrogen and oxygen atoms in total. The van der Waals surface area contributed by atoms with E-state index in [1.807, 2.05) is 71.3 Å². The SMILES string of the molecule is CCOC(=O)C(C)(C)Cc1c(S(=O)(=O)C(C)(C)C)c2cc(OCc3ccccn3)ccc2n1Cc1ccc(-c2ccc(OC)nc2)cc1. The molecule has 3 aromatic heterocycles. The van der Waals surface area contributed by atoms with Crippen LogP contribution in [0.5, 0.6) is 11.6 Å². The summed E-state index contributed by atoms with van der Waals surface area (Å²) in [4.78, 5) is 22.0. The highest BCUT2D eigenvalue weighted by atomic mass is 32.2.